The lowest BCUT2D eigenvalue weighted by Gasteiger charge is -2.35. The molecule has 0 spiro atoms. The van der Waals surface area contributed by atoms with Crippen LogP contribution in [0.15, 0.2) is 54.6 Å². The summed E-state index contributed by atoms with van der Waals surface area (Å²) in [4.78, 5) is 14.8. The van der Waals surface area contributed by atoms with Crippen molar-refractivity contribution >= 4 is 22.3 Å². The Morgan fingerprint density at radius 1 is 0.667 bits per heavy atom. The van der Waals surface area contributed by atoms with Crippen LogP contribution < -0.4 is 9.80 Å². The molecule has 2 aromatic carbocycles. The second-order valence-corrected chi connectivity index (χ2v) is 8.67. The van der Waals surface area contributed by atoms with Crippen LogP contribution in [0, 0.1) is 0 Å². The number of pyridine rings is 1. The van der Waals surface area contributed by atoms with Crippen LogP contribution in [0.4, 0.5) is 11.4 Å². The average Bonchev–Trinajstić information content (AvgIpc) is 2.80. The third-order valence-corrected chi connectivity index (χ3v) is 6.57. The van der Waals surface area contributed by atoms with Crippen molar-refractivity contribution in [1.82, 2.24) is 14.8 Å². The highest BCUT2D eigenvalue weighted by molar-refractivity contribution is 5.94. The van der Waals surface area contributed by atoms with E-state index in [9.17, 15) is 0 Å². The summed E-state index contributed by atoms with van der Waals surface area (Å²) in [6, 6.07) is 19.8. The molecule has 0 unspecified atom stereocenters. The molecule has 0 atom stereocenters. The van der Waals surface area contributed by atoms with E-state index in [-0.39, 0.29) is 0 Å². The molecule has 5 nitrogen and oxygen atoms in total. The number of hydrogen-bond acceptors (Lipinski definition) is 5. The first-order valence-electron chi connectivity index (χ1n) is 11.0. The third kappa shape index (κ3) is 3.87. The highest BCUT2D eigenvalue weighted by atomic mass is 15.3. The van der Waals surface area contributed by atoms with Crippen molar-refractivity contribution < 1.29 is 0 Å². The smallest absolute Gasteiger partial charge is 0.0730 e. The van der Waals surface area contributed by atoms with Gasteiger partial charge in [0.1, 0.15) is 0 Å². The second-order valence-electron chi connectivity index (χ2n) is 8.67. The van der Waals surface area contributed by atoms with Crippen molar-refractivity contribution in [3.63, 3.8) is 0 Å². The first-order chi connectivity index (χ1) is 14.7. The summed E-state index contributed by atoms with van der Waals surface area (Å²) in [7, 11) is 4.40. The molecular formula is C25H31N5. The fourth-order valence-corrected chi connectivity index (χ4v) is 4.52. The van der Waals surface area contributed by atoms with Crippen LogP contribution in [0.25, 0.3) is 22.2 Å². The molecule has 0 amide bonds. The van der Waals surface area contributed by atoms with Crippen molar-refractivity contribution in [2.24, 2.45) is 0 Å². The van der Waals surface area contributed by atoms with Crippen LogP contribution in [0.2, 0.25) is 0 Å². The van der Waals surface area contributed by atoms with E-state index in [0.717, 1.165) is 63.6 Å². The van der Waals surface area contributed by atoms with E-state index in [4.69, 9.17) is 4.98 Å². The fourth-order valence-electron chi connectivity index (χ4n) is 4.52. The van der Waals surface area contributed by atoms with Crippen molar-refractivity contribution in [3.8, 4) is 11.3 Å². The van der Waals surface area contributed by atoms with Crippen molar-refractivity contribution in [3.05, 3.63) is 54.6 Å². The maximum Gasteiger partial charge on any atom is 0.0730 e. The summed E-state index contributed by atoms with van der Waals surface area (Å²) in [6.07, 6.45) is 0. The van der Waals surface area contributed by atoms with E-state index in [0.29, 0.717) is 0 Å². The monoisotopic (exact) mass is 401 g/mol. The van der Waals surface area contributed by atoms with Gasteiger partial charge in [0.25, 0.3) is 0 Å². The quantitative estimate of drug-likeness (QED) is 0.670. The van der Waals surface area contributed by atoms with Gasteiger partial charge in [-0.05, 0) is 38.4 Å². The molecule has 2 fully saturated rings. The summed E-state index contributed by atoms with van der Waals surface area (Å²) in [6.45, 7) is 8.77. The van der Waals surface area contributed by atoms with E-state index in [1.165, 1.54) is 22.3 Å². The van der Waals surface area contributed by atoms with Crippen LogP contribution in [-0.4, -0.2) is 81.2 Å². The number of para-hydroxylation sites is 1. The van der Waals surface area contributed by atoms with Gasteiger partial charge in [0, 0.05) is 74.7 Å². The van der Waals surface area contributed by atoms with Gasteiger partial charge in [0.2, 0.25) is 0 Å². The Kier molecular flexibility index (Phi) is 5.32. The van der Waals surface area contributed by atoms with E-state index in [1.807, 2.05) is 0 Å². The number of piperazine rings is 2. The van der Waals surface area contributed by atoms with Gasteiger partial charge in [-0.25, -0.2) is 4.98 Å². The van der Waals surface area contributed by atoms with Gasteiger partial charge in [-0.2, -0.15) is 0 Å². The lowest BCUT2D eigenvalue weighted by Crippen LogP contribution is -2.44. The van der Waals surface area contributed by atoms with Crippen molar-refractivity contribution in [2.45, 2.75) is 0 Å². The zero-order chi connectivity index (χ0) is 20.5. The number of fused-ring (bicyclic) bond motifs is 1. The van der Waals surface area contributed by atoms with Crippen LogP contribution in [0.5, 0.6) is 0 Å². The minimum absolute atomic E-state index is 1.06. The standard InChI is InChI=1S/C25H31N5/c1-27-11-15-29(16-12-27)21-9-7-20(8-10-21)24-19-25(30-17-13-28(2)14-18-30)22-5-3-4-6-23(22)26-24/h3-10,19H,11-18H2,1-2H3. The van der Waals surface area contributed by atoms with Crippen molar-refractivity contribution in [2.75, 3.05) is 76.3 Å². The Morgan fingerprint density at radius 2 is 1.27 bits per heavy atom. The molecule has 1 aromatic heterocycles. The topological polar surface area (TPSA) is 25.9 Å². The SMILES string of the molecule is CN1CCN(c2ccc(-c3cc(N4CCN(C)CC4)c4ccccc4n3)cc2)CC1. The zero-order valence-electron chi connectivity index (χ0n) is 18.1. The number of likely N-dealkylation sites (N-methyl/N-ethyl adjacent to an activating group) is 2. The molecule has 2 saturated heterocycles. The molecular weight excluding hydrogens is 370 g/mol. The van der Waals surface area contributed by atoms with Crippen LogP contribution in [0.1, 0.15) is 0 Å². The van der Waals surface area contributed by atoms with Gasteiger partial charge < -0.3 is 19.6 Å². The minimum Gasteiger partial charge on any atom is -0.369 e. The minimum atomic E-state index is 1.06. The molecule has 156 valence electrons. The normalized spacial score (nSPS) is 18.9. The molecule has 0 radical (unpaired) electrons. The highest BCUT2D eigenvalue weighted by Gasteiger charge is 2.19. The van der Waals surface area contributed by atoms with Crippen LogP contribution >= 0.6 is 0 Å². The summed E-state index contributed by atoms with van der Waals surface area (Å²) in [5, 5.41) is 1.25. The van der Waals surface area contributed by atoms with Gasteiger partial charge in [0.05, 0.1) is 11.2 Å². The Morgan fingerprint density at radius 3 is 1.93 bits per heavy atom. The maximum absolute atomic E-state index is 5.01. The molecule has 5 heteroatoms. The van der Waals surface area contributed by atoms with Crippen LogP contribution in [0.3, 0.4) is 0 Å². The molecule has 0 bridgehead atoms. The number of anilines is 2. The highest BCUT2D eigenvalue weighted by Crippen LogP contribution is 2.32. The Balaban J connectivity index is 1.47. The van der Waals surface area contributed by atoms with Crippen molar-refractivity contribution in [1.29, 1.82) is 0 Å². The first kappa shape index (κ1) is 19.3. The lowest BCUT2D eigenvalue weighted by atomic mass is 10.1. The molecule has 3 heterocycles. The lowest BCUT2D eigenvalue weighted by molar-refractivity contribution is 0.313. The summed E-state index contributed by atoms with van der Waals surface area (Å²) in [5.74, 6) is 0. The molecule has 3 aromatic rings. The molecule has 0 saturated carbocycles. The van der Waals surface area contributed by atoms with Gasteiger partial charge in [-0.1, -0.05) is 30.3 Å². The van der Waals surface area contributed by atoms with Gasteiger partial charge >= 0.3 is 0 Å². The summed E-state index contributed by atoms with van der Waals surface area (Å²) in [5.41, 5.74) is 5.95. The van der Waals surface area contributed by atoms with E-state index in [1.54, 1.807) is 0 Å². The predicted molar refractivity (Wildman–Crippen MR) is 127 cm³/mol. The number of benzene rings is 2. The largest absolute Gasteiger partial charge is 0.369 e. The number of aromatic nitrogens is 1. The fraction of sp³-hybridized carbons (Fsp3) is 0.400. The Bertz CT molecular complexity index is 1000. The number of nitrogens with zero attached hydrogens (tertiary/aromatic N) is 5. The Hall–Kier alpha value is -2.63. The van der Waals surface area contributed by atoms with E-state index >= 15 is 0 Å². The molecule has 0 aliphatic carbocycles. The van der Waals surface area contributed by atoms with Crippen LogP contribution in [-0.2, 0) is 0 Å². The molecule has 0 N–H and O–H groups in total. The first-order valence-corrected chi connectivity index (χ1v) is 11.0. The maximum atomic E-state index is 5.01. The molecule has 2 aliphatic heterocycles. The third-order valence-electron chi connectivity index (χ3n) is 6.57. The molecule has 30 heavy (non-hydrogen) atoms. The second kappa shape index (κ2) is 8.25. The number of rotatable bonds is 3. The van der Waals surface area contributed by atoms with E-state index in [2.05, 4.69) is 88.3 Å². The number of hydrogen-bond donors (Lipinski definition) is 0. The predicted octanol–water partition coefficient (Wildman–Crippen LogP) is 3.41. The zero-order valence-corrected chi connectivity index (χ0v) is 18.1. The van der Waals surface area contributed by atoms with Gasteiger partial charge in [-0.3, -0.25) is 0 Å². The van der Waals surface area contributed by atoms with Gasteiger partial charge in [0.15, 0.2) is 0 Å². The molecule has 2 aliphatic rings. The summed E-state index contributed by atoms with van der Waals surface area (Å²) >= 11 is 0. The molecule has 5 rings (SSSR count). The summed E-state index contributed by atoms with van der Waals surface area (Å²) < 4.78 is 0. The van der Waals surface area contributed by atoms with E-state index < -0.39 is 0 Å². The van der Waals surface area contributed by atoms with Gasteiger partial charge in [-0.15, -0.1) is 0 Å². The average molecular weight is 402 g/mol. The Labute approximate surface area is 179 Å².